The maximum atomic E-state index is 6.09. The van der Waals surface area contributed by atoms with E-state index in [1.165, 1.54) is 12.8 Å². The minimum absolute atomic E-state index is 0.618. The van der Waals surface area contributed by atoms with Gasteiger partial charge in [0.05, 0.1) is 23.0 Å². The van der Waals surface area contributed by atoms with Crippen LogP contribution in [0.2, 0.25) is 5.02 Å². The number of hydrogen-bond donors (Lipinski definition) is 1. The van der Waals surface area contributed by atoms with E-state index in [1.807, 2.05) is 18.5 Å². The van der Waals surface area contributed by atoms with Crippen molar-refractivity contribution in [3.05, 3.63) is 16.4 Å². The van der Waals surface area contributed by atoms with E-state index in [-0.39, 0.29) is 0 Å². The Hall–Kier alpha value is -0.540. The first kappa shape index (κ1) is 13.5. The fraction of sp³-hybridized carbons (Fsp3) is 0.750. The van der Waals surface area contributed by atoms with Crippen LogP contribution in [0.1, 0.15) is 38.1 Å². The number of aryl methyl sites for hydroxylation is 1. The molecule has 1 N–H and O–H groups in total. The van der Waals surface area contributed by atoms with Gasteiger partial charge >= 0.3 is 0 Å². The van der Waals surface area contributed by atoms with Crippen molar-refractivity contribution in [3.8, 4) is 0 Å². The summed E-state index contributed by atoms with van der Waals surface area (Å²) in [6.07, 6.45) is 2.35. The molecule has 0 aliphatic heterocycles. The van der Waals surface area contributed by atoms with Gasteiger partial charge in [0.2, 0.25) is 0 Å². The fourth-order valence-electron chi connectivity index (χ4n) is 1.84. The van der Waals surface area contributed by atoms with Gasteiger partial charge in [-0.1, -0.05) is 25.4 Å². The van der Waals surface area contributed by atoms with Gasteiger partial charge in [0.15, 0.2) is 0 Å². The van der Waals surface area contributed by atoms with Gasteiger partial charge in [-0.15, -0.1) is 0 Å². The Kier molecular flexibility index (Phi) is 5.29. The third-order valence-corrected chi connectivity index (χ3v) is 3.58. The number of rotatable bonds is 6. The van der Waals surface area contributed by atoms with Crippen LogP contribution in [0.5, 0.6) is 0 Å². The summed E-state index contributed by atoms with van der Waals surface area (Å²) in [7, 11) is 0. The van der Waals surface area contributed by atoms with Gasteiger partial charge in [-0.05, 0) is 26.7 Å². The zero-order valence-electron chi connectivity index (χ0n) is 10.7. The molecule has 1 aromatic rings. The van der Waals surface area contributed by atoms with E-state index in [2.05, 4.69) is 24.3 Å². The third-order valence-electron chi connectivity index (χ3n) is 3.04. The Morgan fingerprint density at radius 1 is 1.31 bits per heavy atom. The molecule has 0 fully saturated rings. The monoisotopic (exact) mass is 243 g/mol. The summed E-state index contributed by atoms with van der Waals surface area (Å²) in [5, 5.41) is 8.72. The number of nitrogens with zero attached hydrogens (tertiary/aromatic N) is 2. The second-order valence-corrected chi connectivity index (χ2v) is 4.55. The molecule has 1 rings (SSSR count). The molecule has 0 saturated carbocycles. The highest BCUT2D eigenvalue weighted by Gasteiger charge is 2.09. The average Bonchev–Trinajstić information content (AvgIpc) is 2.52. The zero-order valence-corrected chi connectivity index (χ0v) is 11.4. The maximum absolute atomic E-state index is 6.09. The SMILES string of the molecule is CCC(CC)NCCn1nc(C)c(Cl)c1C. The summed E-state index contributed by atoms with van der Waals surface area (Å²) in [4.78, 5) is 0. The molecule has 0 radical (unpaired) electrons. The number of aromatic nitrogens is 2. The second kappa shape index (κ2) is 6.26. The third kappa shape index (κ3) is 3.22. The van der Waals surface area contributed by atoms with Crippen LogP contribution in [-0.2, 0) is 6.54 Å². The molecule has 0 aromatic carbocycles. The topological polar surface area (TPSA) is 29.9 Å². The zero-order chi connectivity index (χ0) is 12.1. The lowest BCUT2D eigenvalue weighted by Crippen LogP contribution is -2.31. The van der Waals surface area contributed by atoms with Crippen LogP contribution in [0, 0.1) is 13.8 Å². The van der Waals surface area contributed by atoms with Gasteiger partial charge in [0.1, 0.15) is 0 Å². The standard InChI is InChI=1S/C12H22ClN3/c1-5-11(6-2)14-7-8-16-10(4)12(13)9(3)15-16/h11,14H,5-8H2,1-4H3. The molecule has 0 unspecified atom stereocenters. The van der Waals surface area contributed by atoms with Crippen molar-refractivity contribution >= 4 is 11.6 Å². The first-order chi connectivity index (χ1) is 7.60. The van der Waals surface area contributed by atoms with E-state index in [4.69, 9.17) is 11.6 Å². The predicted molar refractivity (Wildman–Crippen MR) is 69.1 cm³/mol. The van der Waals surface area contributed by atoms with Crippen molar-refractivity contribution in [1.82, 2.24) is 15.1 Å². The Labute approximate surface area is 103 Å². The first-order valence-corrected chi connectivity index (χ1v) is 6.40. The Bertz CT molecular complexity index is 329. The van der Waals surface area contributed by atoms with Crippen LogP contribution in [0.15, 0.2) is 0 Å². The lowest BCUT2D eigenvalue weighted by atomic mass is 10.2. The Morgan fingerprint density at radius 2 is 1.94 bits per heavy atom. The lowest BCUT2D eigenvalue weighted by Gasteiger charge is -2.14. The van der Waals surface area contributed by atoms with Gasteiger partial charge in [-0.25, -0.2) is 0 Å². The minimum atomic E-state index is 0.618. The van der Waals surface area contributed by atoms with Gasteiger partial charge in [0.25, 0.3) is 0 Å². The smallest absolute Gasteiger partial charge is 0.0844 e. The molecule has 3 nitrogen and oxygen atoms in total. The lowest BCUT2D eigenvalue weighted by molar-refractivity contribution is 0.451. The fourth-order valence-corrected chi connectivity index (χ4v) is 1.98. The number of halogens is 1. The van der Waals surface area contributed by atoms with Crippen LogP contribution in [0.4, 0.5) is 0 Å². The molecule has 1 heterocycles. The van der Waals surface area contributed by atoms with Crippen molar-refractivity contribution in [3.63, 3.8) is 0 Å². The summed E-state index contributed by atoms with van der Waals surface area (Å²) < 4.78 is 1.98. The molecule has 0 bridgehead atoms. The van der Waals surface area contributed by atoms with Crippen LogP contribution in [-0.4, -0.2) is 22.4 Å². The van der Waals surface area contributed by atoms with Crippen molar-refractivity contribution in [2.45, 2.75) is 53.1 Å². The number of hydrogen-bond acceptors (Lipinski definition) is 2. The van der Waals surface area contributed by atoms with E-state index in [0.717, 1.165) is 29.5 Å². The van der Waals surface area contributed by atoms with Gasteiger partial charge in [0, 0.05) is 12.6 Å². The molecule has 1 aromatic heterocycles. The summed E-state index contributed by atoms with van der Waals surface area (Å²) in [5.41, 5.74) is 1.98. The van der Waals surface area contributed by atoms with Crippen LogP contribution < -0.4 is 5.32 Å². The van der Waals surface area contributed by atoms with E-state index < -0.39 is 0 Å². The average molecular weight is 244 g/mol. The Balaban J connectivity index is 2.46. The summed E-state index contributed by atoms with van der Waals surface area (Å²) in [6.45, 7) is 10.2. The largest absolute Gasteiger partial charge is 0.312 e. The molecule has 92 valence electrons. The highest BCUT2D eigenvalue weighted by molar-refractivity contribution is 6.31. The van der Waals surface area contributed by atoms with Crippen LogP contribution in [0.25, 0.3) is 0 Å². The van der Waals surface area contributed by atoms with E-state index in [9.17, 15) is 0 Å². The van der Waals surface area contributed by atoms with Gasteiger partial charge < -0.3 is 5.32 Å². The number of nitrogens with one attached hydrogen (secondary N) is 1. The van der Waals surface area contributed by atoms with Crippen molar-refractivity contribution < 1.29 is 0 Å². The molecular formula is C12H22ClN3. The molecule has 16 heavy (non-hydrogen) atoms. The predicted octanol–water partition coefficient (Wildman–Crippen LogP) is 2.93. The molecule has 0 saturated heterocycles. The Morgan fingerprint density at radius 3 is 2.38 bits per heavy atom. The van der Waals surface area contributed by atoms with Gasteiger partial charge in [-0.2, -0.15) is 5.10 Å². The quantitative estimate of drug-likeness (QED) is 0.833. The normalized spacial score (nSPS) is 11.4. The highest BCUT2D eigenvalue weighted by Crippen LogP contribution is 2.18. The molecule has 4 heteroatoms. The first-order valence-electron chi connectivity index (χ1n) is 6.03. The maximum Gasteiger partial charge on any atom is 0.0844 e. The van der Waals surface area contributed by atoms with Crippen LogP contribution in [0.3, 0.4) is 0 Å². The second-order valence-electron chi connectivity index (χ2n) is 4.18. The molecule has 0 atom stereocenters. The summed E-state index contributed by atoms with van der Waals surface area (Å²) >= 11 is 6.09. The minimum Gasteiger partial charge on any atom is -0.312 e. The van der Waals surface area contributed by atoms with Crippen molar-refractivity contribution in [1.29, 1.82) is 0 Å². The van der Waals surface area contributed by atoms with Gasteiger partial charge in [-0.3, -0.25) is 4.68 Å². The molecule has 0 aliphatic carbocycles. The van der Waals surface area contributed by atoms with Crippen molar-refractivity contribution in [2.24, 2.45) is 0 Å². The van der Waals surface area contributed by atoms with Crippen LogP contribution >= 0.6 is 11.6 Å². The molecule has 0 amide bonds. The van der Waals surface area contributed by atoms with E-state index in [0.29, 0.717) is 6.04 Å². The van der Waals surface area contributed by atoms with Crippen molar-refractivity contribution in [2.75, 3.05) is 6.54 Å². The molecular weight excluding hydrogens is 222 g/mol. The summed E-state index contributed by atoms with van der Waals surface area (Å²) in [6, 6.07) is 0.618. The van der Waals surface area contributed by atoms with E-state index >= 15 is 0 Å². The van der Waals surface area contributed by atoms with E-state index in [1.54, 1.807) is 0 Å². The summed E-state index contributed by atoms with van der Waals surface area (Å²) in [5.74, 6) is 0. The molecule has 0 spiro atoms. The highest BCUT2D eigenvalue weighted by atomic mass is 35.5. The molecule has 0 aliphatic rings.